The fraction of sp³-hybridized carbons (Fsp3) is 0.667. The highest BCUT2D eigenvalue weighted by Crippen LogP contribution is 2.15. The van der Waals surface area contributed by atoms with Gasteiger partial charge in [-0.2, -0.15) is 0 Å². The lowest BCUT2D eigenvalue weighted by molar-refractivity contribution is -0.137. The predicted molar refractivity (Wildman–Crippen MR) is 48.7 cm³/mol. The maximum Gasteiger partial charge on any atom is 0.332 e. The van der Waals surface area contributed by atoms with Crippen LogP contribution in [0.4, 0.5) is 4.39 Å². The van der Waals surface area contributed by atoms with Crippen LogP contribution in [0.5, 0.6) is 0 Å². The summed E-state index contributed by atoms with van der Waals surface area (Å²) in [5.74, 6) is -0.593. The summed E-state index contributed by atoms with van der Waals surface area (Å²) in [6, 6.07) is 0. The number of hydrogen-bond acceptors (Lipinski definition) is 3. The Kier molecular flexibility index (Phi) is 4.45. The SMILES string of the molecule is CCCOC(=O)C=C(N)C(C)(C)F. The molecule has 76 valence electrons. The molecule has 0 atom stereocenters. The first kappa shape index (κ1) is 11.9. The summed E-state index contributed by atoms with van der Waals surface area (Å²) in [4.78, 5) is 10.9. The summed E-state index contributed by atoms with van der Waals surface area (Å²) in [6.07, 6.45) is 1.72. The van der Waals surface area contributed by atoms with Crippen molar-refractivity contribution in [2.24, 2.45) is 5.73 Å². The van der Waals surface area contributed by atoms with E-state index in [1.54, 1.807) is 0 Å². The highest BCUT2D eigenvalue weighted by Gasteiger charge is 2.20. The molecule has 0 saturated heterocycles. The molecule has 0 spiro atoms. The molecule has 0 saturated carbocycles. The number of hydrogen-bond donors (Lipinski definition) is 1. The van der Waals surface area contributed by atoms with E-state index in [-0.39, 0.29) is 5.70 Å². The molecule has 13 heavy (non-hydrogen) atoms. The van der Waals surface area contributed by atoms with E-state index in [4.69, 9.17) is 10.5 Å². The lowest BCUT2D eigenvalue weighted by atomic mass is 10.1. The molecule has 3 nitrogen and oxygen atoms in total. The largest absolute Gasteiger partial charge is 0.462 e. The Hall–Kier alpha value is -1.06. The minimum atomic E-state index is -1.68. The van der Waals surface area contributed by atoms with Crippen LogP contribution < -0.4 is 5.73 Å². The van der Waals surface area contributed by atoms with Gasteiger partial charge in [-0.1, -0.05) is 6.92 Å². The van der Waals surface area contributed by atoms with E-state index in [1.807, 2.05) is 6.92 Å². The molecular weight excluding hydrogens is 173 g/mol. The van der Waals surface area contributed by atoms with Crippen LogP contribution in [0.1, 0.15) is 27.2 Å². The molecule has 0 unspecified atom stereocenters. The molecule has 2 N–H and O–H groups in total. The Labute approximate surface area is 77.7 Å². The third kappa shape index (κ3) is 5.22. The predicted octanol–water partition coefficient (Wildman–Crippen LogP) is 1.53. The van der Waals surface area contributed by atoms with Gasteiger partial charge in [-0.05, 0) is 20.3 Å². The van der Waals surface area contributed by atoms with Gasteiger partial charge in [0.2, 0.25) is 0 Å². The van der Waals surface area contributed by atoms with Crippen molar-refractivity contribution in [3.05, 3.63) is 11.8 Å². The zero-order chi connectivity index (χ0) is 10.5. The van der Waals surface area contributed by atoms with Gasteiger partial charge in [-0.3, -0.25) is 0 Å². The second-order valence-corrected chi connectivity index (χ2v) is 3.24. The minimum absolute atomic E-state index is 0.117. The first-order valence-electron chi connectivity index (χ1n) is 4.21. The molecular formula is C9H16FNO2. The van der Waals surface area contributed by atoms with Gasteiger partial charge in [0.15, 0.2) is 0 Å². The quantitative estimate of drug-likeness (QED) is 0.539. The minimum Gasteiger partial charge on any atom is -0.462 e. The van der Waals surface area contributed by atoms with Crippen LogP contribution >= 0.6 is 0 Å². The Morgan fingerprint density at radius 2 is 2.15 bits per heavy atom. The third-order valence-electron chi connectivity index (χ3n) is 1.41. The van der Waals surface area contributed by atoms with Crippen LogP contribution in [-0.4, -0.2) is 18.2 Å². The molecule has 0 aliphatic heterocycles. The van der Waals surface area contributed by atoms with Crippen LogP contribution in [0.2, 0.25) is 0 Å². The second kappa shape index (κ2) is 4.84. The van der Waals surface area contributed by atoms with E-state index in [9.17, 15) is 9.18 Å². The van der Waals surface area contributed by atoms with Crippen molar-refractivity contribution in [2.75, 3.05) is 6.61 Å². The number of alkyl halides is 1. The number of esters is 1. The van der Waals surface area contributed by atoms with Gasteiger partial charge in [-0.25, -0.2) is 9.18 Å². The van der Waals surface area contributed by atoms with Crippen molar-refractivity contribution in [1.82, 2.24) is 0 Å². The monoisotopic (exact) mass is 189 g/mol. The van der Waals surface area contributed by atoms with Gasteiger partial charge in [0.25, 0.3) is 0 Å². The van der Waals surface area contributed by atoms with E-state index in [0.717, 1.165) is 12.5 Å². The van der Waals surface area contributed by atoms with Crippen LogP contribution in [-0.2, 0) is 9.53 Å². The van der Waals surface area contributed by atoms with Gasteiger partial charge >= 0.3 is 5.97 Å². The van der Waals surface area contributed by atoms with Crippen LogP contribution in [0, 0.1) is 0 Å². The Morgan fingerprint density at radius 3 is 2.54 bits per heavy atom. The fourth-order valence-electron chi connectivity index (χ4n) is 0.543. The first-order valence-corrected chi connectivity index (χ1v) is 4.21. The van der Waals surface area contributed by atoms with Gasteiger partial charge in [0.1, 0.15) is 5.67 Å². The van der Waals surface area contributed by atoms with E-state index in [1.165, 1.54) is 13.8 Å². The van der Waals surface area contributed by atoms with Gasteiger partial charge in [0, 0.05) is 6.08 Å². The molecule has 0 radical (unpaired) electrons. The normalized spacial score (nSPS) is 12.8. The van der Waals surface area contributed by atoms with Gasteiger partial charge in [-0.15, -0.1) is 0 Å². The maximum absolute atomic E-state index is 13.1. The molecule has 0 aromatic carbocycles. The lowest BCUT2D eigenvalue weighted by Gasteiger charge is -2.13. The summed E-state index contributed by atoms with van der Waals surface area (Å²) in [5, 5.41) is 0. The zero-order valence-corrected chi connectivity index (χ0v) is 8.26. The number of allylic oxidation sites excluding steroid dienone is 1. The number of rotatable bonds is 4. The van der Waals surface area contributed by atoms with Crippen molar-refractivity contribution in [3.63, 3.8) is 0 Å². The van der Waals surface area contributed by atoms with Gasteiger partial charge in [0.05, 0.1) is 12.3 Å². The second-order valence-electron chi connectivity index (χ2n) is 3.24. The Balaban J connectivity index is 4.15. The van der Waals surface area contributed by atoms with Crippen LogP contribution in [0.3, 0.4) is 0 Å². The molecule has 0 aromatic heterocycles. The highest BCUT2D eigenvalue weighted by atomic mass is 19.1. The summed E-state index contributed by atoms with van der Waals surface area (Å²) < 4.78 is 17.8. The lowest BCUT2D eigenvalue weighted by Crippen LogP contribution is -2.24. The van der Waals surface area contributed by atoms with E-state index in [2.05, 4.69) is 0 Å². The average Bonchev–Trinajstić information content (AvgIpc) is 1.99. The number of halogens is 1. The van der Waals surface area contributed by atoms with Gasteiger partial charge < -0.3 is 10.5 Å². The van der Waals surface area contributed by atoms with Crippen molar-refractivity contribution >= 4 is 5.97 Å². The summed E-state index contributed by atoms with van der Waals surface area (Å²) in [5.41, 5.74) is 3.52. The Morgan fingerprint density at radius 1 is 1.62 bits per heavy atom. The molecule has 0 fully saturated rings. The van der Waals surface area contributed by atoms with E-state index >= 15 is 0 Å². The average molecular weight is 189 g/mol. The number of ether oxygens (including phenoxy) is 1. The first-order chi connectivity index (χ1) is 5.88. The van der Waals surface area contributed by atoms with E-state index < -0.39 is 11.6 Å². The van der Waals surface area contributed by atoms with Crippen molar-refractivity contribution in [2.45, 2.75) is 32.9 Å². The van der Waals surface area contributed by atoms with Crippen molar-refractivity contribution in [3.8, 4) is 0 Å². The number of nitrogens with two attached hydrogens (primary N) is 1. The molecule has 0 amide bonds. The maximum atomic E-state index is 13.1. The van der Waals surface area contributed by atoms with E-state index in [0.29, 0.717) is 6.61 Å². The molecule has 0 aromatic rings. The van der Waals surface area contributed by atoms with Crippen molar-refractivity contribution < 1.29 is 13.9 Å². The molecule has 0 bridgehead atoms. The topological polar surface area (TPSA) is 52.3 Å². The molecule has 0 aliphatic rings. The van der Waals surface area contributed by atoms with Crippen molar-refractivity contribution in [1.29, 1.82) is 0 Å². The zero-order valence-electron chi connectivity index (χ0n) is 8.26. The third-order valence-corrected chi connectivity index (χ3v) is 1.41. The summed E-state index contributed by atoms with van der Waals surface area (Å²) >= 11 is 0. The molecule has 0 rings (SSSR count). The number of carbonyl (C=O) groups is 1. The Bertz CT molecular complexity index is 206. The van der Waals surface area contributed by atoms with Crippen LogP contribution in [0.25, 0.3) is 0 Å². The molecule has 0 heterocycles. The standard InChI is InChI=1S/C9H16FNO2/c1-4-5-13-8(12)6-7(11)9(2,3)10/h6H,4-5,11H2,1-3H3. The summed E-state index contributed by atoms with van der Waals surface area (Å²) in [6.45, 7) is 4.77. The summed E-state index contributed by atoms with van der Waals surface area (Å²) in [7, 11) is 0. The highest BCUT2D eigenvalue weighted by molar-refractivity contribution is 5.82. The smallest absolute Gasteiger partial charge is 0.332 e. The molecule has 0 aliphatic carbocycles. The number of carbonyl (C=O) groups excluding carboxylic acids is 1. The molecule has 4 heteroatoms. The fourth-order valence-corrected chi connectivity index (χ4v) is 0.543. The van der Waals surface area contributed by atoms with Crippen LogP contribution in [0.15, 0.2) is 11.8 Å².